The van der Waals surface area contributed by atoms with Crippen LogP contribution in [-0.4, -0.2) is 42.9 Å². The standard InChI is InChI=1S/C18H27N3O2/c1-4-21-9-5-6-15(12-21)11-19-18(23)17-8-7-16(10-13(17)2)20-14(3)22/h7-8,10,15H,4-6,9,11-12H2,1-3H3,(H,19,23)(H,20,22)/t15-/m0/s1. The lowest BCUT2D eigenvalue weighted by atomic mass is 9.97. The predicted molar refractivity (Wildman–Crippen MR) is 92.7 cm³/mol. The maximum Gasteiger partial charge on any atom is 0.251 e. The van der Waals surface area contributed by atoms with E-state index in [1.165, 1.54) is 26.3 Å². The summed E-state index contributed by atoms with van der Waals surface area (Å²) in [5.74, 6) is 0.386. The molecule has 1 atom stereocenters. The maximum absolute atomic E-state index is 12.4. The number of aryl methyl sites for hydroxylation is 1. The summed E-state index contributed by atoms with van der Waals surface area (Å²) in [5, 5.41) is 5.79. The van der Waals surface area contributed by atoms with Gasteiger partial charge >= 0.3 is 0 Å². The van der Waals surface area contributed by atoms with Gasteiger partial charge < -0.3 is 15.5 Å². The highest BCUT2D eigenvalue weighted by Crippen LogP contribution is 2.17. The second-order valence-corrected chi connectivity index (χ2v) is 6.32. The molecule has 1 aromatic carbocycles. The van der Waals surface area contributed by atoms with Crippen LogP contribution in [0, 0.1) is 12.8 Å². The van der Waals surface area contributed by atoms with Crippen LogP contribution < -0.4 is 10.6 Å². The number of piperidine rings is 1. The van der Waals surface area contributed by atoms with Crippen LogP contribution in [0.15, 0.2) is 18.2 Å². The van der Waals surface area contributed by atoms with E-state index < -0.39 is 0 Å². The number of hydrogen-bond donors (Lipinski definition) is 2. The van der Waals surface area contributed by atoms with E-state index in [-0.39, 0.29) is 11.8 Å². The van der Waals surface area contributed by atoms with Gasteiger partial charge in [-0.05, 0) is 62.5 Å². The lowest BCUT2D eigenvalue weighted by molar-refractivity contribution is -0.114. The fourth-order valence-corrected chi connectivity index (χ4v) is 3.14. The van der Waals surface area contributed by atoms with Gasteiger partial charge in [-0.3, -0.25) is 9.59 Å². The smallest absolute Gasteiger partial charge is 0.251 e. The van der Waals surface area contributed by atoms with Crippen molar-refractivity contribution in [2.75, 3.05) is 31.5 Å². The van der Waals surface area contributed by atoms with E-state index >= 15 is 0 Å². The highest BCUT2D eigenvalue weighted by atomic mass is 16.2. The Hall–Kier alpha value is -1.88. The molecule has 1 aromatic rings. The minimum Gasteiger partial charge on any atom is -0.352 e. The normalized spacial score (nSPS) is 18.5. The summed E-state index contributed by atoms with van der Waals surface area (Å²) in [6.07, 6.45) is 2.38. The first-order valence-corrected chi connectivity index (χ1v) is 8.38. The first kappa shape index (κ1) is 17.5. The quantitative estimate of drug-likeness (QED) is 0.877. The molecule has 2 N–H and O–H groups in total. The van der Waals surface area contributed by atoms with Crippen LogP contribution >= 0.6 is 0 Å². The number of rotatable bonds is 5. The molecule has 0 bridgehead atoms. The number of likely N-dealkylation sites (tertiary alicyclic amines) is 1. The number of nitrogens with one attached hydrogen (secondary N) is 2. The Morgan fingerprint density at radius 2 is 2.13 bits per heavy atom. The Morgan fingerprint density at radius 3 is 2.78 bits per heavy atom. The van der Waals surface area contributed by atoms with Crippen LogP contribution in [0.2, 0.25) is 0 Å². The summed E-state index contributed by atoms with van der Waals surface area (Å²) in [6, 6.07) is 5.37. The number of anilines is 1. The van der Waals surface area contributed by atoms with Crippen LogP contribution in [0.25, 0.3) is 0 Å². The molecule has 5 nitrogen and oxygen atoms in total. The first-order valence-electron chi connectivity index (χ1n) is 8.38. The third kappa shape index (κ3) is 5.06. The molecule has 2 rings (SSSR count). The molecule has 0 aromatic heterocycles. The third-order valence-electron chi connectivity index (χ3n) is 4.39. The Balaban J connectivity index is 1.91. The maximum atomic E-state index is 12.4. The lowest BCUT2D eigenvalue weighted by Gasteiger charge is -2.31. The Labute approximate surface area is 138 Å². The molecule has 2 amide bonds. The van der Waals surface area contributed by atoms with Crippen LogP contribution in [0.4, 0.5) is 5.69 Å². The number of nitrogens with zero attached hydrogens (tertiary/aromatic N) is 1. The van der Waals surface area contributed by atoms with Crippen molar-refractivity contribution in [2.45, 2.75) is 33.6 Å². The largest absolute Gasteiger partial charge is 0.352 e. The molecule has 0 unspecified atom stereocenters. The van der Waals surface area contributed by atoms with Gasteiger partial charge in [-0.2, -0.15) is 0 Å². The van der Waals surface area contributed by atoms with E-state index in [1.807, 2.05) is 13.0 Å². The van der Waals surface area contributed by atoms with Crippen molar-refractivity contribution in [2.24, 2.45) is 5.92 Å². The highest BCUT2D eigenvalue weighted by molar-refractivity contribution is 5.97. The lowest BCUT2D eigenvalue weighted by Crippen LogP contribution is -2.40. The fraction of sp³-hybridized carbons (Fsp3) is 0.556. The van der Waals surface area contributed by atoms with Gasteiger partial charge in [0.2, 0.25) is 5.91 Å². The molecular formula is C18H27N3O2. The zero-order valence-electron chi connectivity index (χ0n) is 14.3. The van der Waals surface area contributed by atoms with Crippen molar-refractivity contribution in [3.05, 3.63) is 29.3 Å². The molecular weight excluding hydrogens is 290 g/mol. The number of benzene rings is 1. The van der Waals surface area contributed by atoms with Crippen molar-refractivity contribution in [1.82, 2.24) is 10.2 Å². The SMILES string of the molecule is CCN1CCC[C@@H](CNC(=O)c2ccc(NC(C)=O)cc2C)C1. The van der Waals surface area contributed by atoms with Gasteiger partial charge in [-0.15, -0.1) is 0 Å². The van der Waals surface area contributed by atoms with Gasteiger partial charge in [0.1, 0.15) is 0 Å². The number of carbonyl (C=O) groups excluding carboxylic acids is 2. The Kier molecular flexibility index (Phi) is 6.16. The molecule has 1 saturated heterocycles. The minimum atomic E-state index is -0.112. The van der Waals surface area contributed by atoms with Crippen molar-refractivity contribution in [1.29, 1.82) is 0 Å². The molecule has 23 heavy (non-hydrogen) atoms. The summed E-state index contributed by atoms with van der Waals surface area (Å²) in [5.41, 5.74) is 2.26. The molecule has 0 saturated carbocycles. The Bertz CT molecular complexity index is 571. The molecule has 1 aliphatic heterocycles. The molecule has 5 heteroatoms. The van der Waals surface area contributed by atoms with Gasteiger partial charge in [-0.1, -0.05) is 6.92 Å². The predicted octanol–water partition coefficient (Wildman–Crippen LogP) is 2.42. The van der Waals surface area contributed by atoms with E-state index in [2.05, 4.69) is 22.5 Å². The molecule has 0 aliphatic carbocycles. The summed E-state index contributed by atoms with van der Waals surface area (Å²) in [4.78, 5) is 25.9. The van der Waals surface area contributed by atoms with Gasteiger partial charge in [0, 0.05) is 31.3 Å². The van der Waals surface area contributed by atoms with E-state index in [9.17, 15) is 9.59 Å². The van der Waals surface area contributed by atoms with Gasteiger partial charge in [0.05, 0.1) is 0 Å². The van der Waals surface area contributed by atoms with Crippen molar-refractivity contribution >= 4 is 17.5 Å². The number of carbonyl (C=O) groups is 2. The summed E-state index contributed by atoms with van der Waals surface area (Å²) >= 11 is 0. The van der Waals surface area contributed by atoms with Crippen molar-refractivity contribution in [3.8, 4) is 0 Å². The Morgan fingerprint density at radius 1 is 1.35 bits per heavy atom. The molecule has 0 radical (unpaired) electrons. The average molecular weight is 317 g/mol. The van der Waals surface area contributed by atoms with E-state index in [1.54, 1.807) is 12.1 Å². The number of amides is 2. The van der Waals surface area contributed by atoms with Crippen LogP contribution in [0.3, 0.4) is 0 Å². The average Bonchev–Trinajstić information content (AvgIpc) is 2.52. The summed E-state index contributed by atoms with van der Waals surface area (Å²) in [7, 11) is 0. The fourth-order valence-electron chi connectivity index (χ4n) is 3.14. The number of hydrogen-bond acceptors (Lipinski definition) is 3. The van der Waals surface area contributed by atoms with Crippen LogP contribution in [0.5, 0.6) is 0 Å². The molecule has 1 heterocycles. The van der Waals surface area contributed by atoms with Crippen molar-refractivity contribution in [3.63, 3.8) is 0 Å². The topological polar surface area (TPSA) is 61.4 Å². The molecule has 1 aliphatic rings. The molecule has 0 spiro atoms. The second kappa shape index (κ2) is 8.11. The van der Waals surface area contributed by atoms with E-state index in [0.717, 1.165) is 30.9 Å². The van der Waals surface area contributed by atoms with Crippen LogP contribution in [0.1, 0.15) is 42.6 Å². The van der Waals surface area contributed by atoms with Gasteiger partial charge in [0.15, 0.2) is 0 Å². The second-order valence-electron chi connectivity index (χ2n) is 6.32. The van der Waals surface area contributed by atoms with Crippen LogP contribution in [-0.2, 0) is 4.79 Å². The van der Waals surface area contributed by atoms with Crippen molar-refractivity contribution < 1.29 is 9.59 Å². The minimum absolute atomic E-state index is 0.0366. The molecule has 1 fully saturated rings. The third-order valence-corrected chi connectivity index (χ3v) is 4.39. The molecule has 126 valence electrons. The highest BCUT2D eigenvalue weighted by Gasteiger charge is 2.19. The first-order chi connectivity index (χ1) is 11.0. The van der Waals surface area contributed by atoms with Gasteiger partial charge in [0.25, 0.3) is 5.91 Å². The zero-order valence-corrected chi connectivity index (χ0v) is 14.3. The van der Waals surface area contributed by atoms with E-state index in [4.69, 9.17) is 0 Å². The zero-order chi connectivity index (χ0) is 16.8. The summed E-state index contributed by atoms with van der Waals surface area (Å²) in [6.45, 7) is 9.58. The van der Waals surface area contributed by atoms with E-state index in [0.29, 0.717) is 11.5 Å². The summed E-state index contributed by atoms with van der Waals surface area (Å²) < 4.78 is 0. The van der Waals surface area contributed by atoms with Gasteiger partial charge in [-0.25, -0.2) is 0 Å². The monoisotopic (exact) mass is 317 g/mol.